The van der Waals surface area contributed by atoms with Crippen LogP contribution in [-0.2, 0) is 13.1 Å². The first-order valence-corrected chi connectivity index (χ1v) is 5.81. The highest BCUT2D eigenvalue weighted by Gasteiger charge is 2.10. The Morgan fingerprint density at radius 3 is 2.79 bits per heavy atom. The molecule has 6 heteroatoms. The second-order valence-electron chi connectivity index (χ2n) is 4.10. The van der Waals surface area contributed by atoms with Crippen LogP contribution in [0.5, 0.6) is 0 Å². The highest BCUT2D eigenvalue weighted by Crippen LogP contribution is 2.04. The highest BCUT2D eigenvalue weighted by atomic mass is 16.4. The van der Waals surface area contributed by atoms with Gasteiger partial charge in [0.1, 0.15) is 11.9 Å². The maximum absolute atomic E-state index is 11.0. The number of pyridine rings is 1. The number of rotatable bonds is 5. The molecule has 19 heavy (non-hydrogen) atoms. The van der Waals surface area contributed by atoms with Gasteiger partial charge in [-0.3, -0.25) is 4.98 Å². The summed E-state index contributed by atoms with van der Waals surface area (Å²) in [6.45, 7) is 2.91. The number of aromatic nitrogens is 3. The van der Waals surface area contributed by atoms with Gasteiger partial charge in [0.25, 0.3) is 0 Å². The van der Waals surface area contributed by atoms with Crippen LogP contribution >= 0.6 is 0 Å². The summed E-state index contributed by atoms with van der Waals surface area (Å²) in [7, 11) is 0. The number of carbonyl (C=O) groups is 1. The van der Waals surface area contributed by atoms with E-state index in [0.717, 1.165) is 11.3 Å². The van der Waals surface area contributed by atoms with E-state index in [0.29, 0.717) is 18.8 Å². The minimum atomic E-state index is -1.02. The van der Waals surface area contributed by atoms with E-state index in [1.165, 1.54) is 12.5 Å². The normalized spacial score (nSPS) is 10.4. The van der Waals surface area contributed by atoms with Crippen LogP contribution in [0.2, 0.25) is 0 Å². The maximum Gasteiger partial charge on any atom is 0.339 e. The number of aryl methyl sites for hydroxylation is 1. The van der Waals surface area contributed by atoms with Gasteiger partial charge in [0.05, 0.1) is 5.69 Å². The molecule has 0 unspecified atom stereocenters. The van der Waals surface area contributed by atoms with Crippen LogP contribution in [-0.4, -0.2) is 26.0 Å². The second kappa shape index (κ2) is 6.01. The third-order valence-electron chi connectivity index (χ3n) is 2.62. The Kier molecular flexibility index (Phi) is 4.15. The average Bonchev–Trinajstić information content (AvgIpc) is 2.41. The second-order valence-corrected chi connectivity index (χ2v) is 4.10. The summed E-state index contributed by atoms with van der Waals surface area (Å²) < 4.78 is 0. The Hall–Kier alpha value is -2.34. The summed E-state index contributed by atoms with van der Waals surface area (Å²) in [5, 5.41) is 12.1. The molecule has 0 atom stereocenters. The van der Waals surface area contributed by atoms with Gasteiger partial charge in [-0.2, -0.15) is 0 Å². The molecule has 2 heterocycles. The molecule has 0 aliphatic heterocycles. The monoisotopic (exact) mass is 258 g/mol. The Morgan fingerprint density at radius 1 is 1.26 bits per heavy atom. The first-order chi connectivity index (χ1) is 9.16. The summed E-state index contributed by atoms with van der Waals surface area (Å²) in [6.07, 6.45) is 4.44. The molecule has 0 saturated heterocycles. The molecule has 0 bridgehead atoms. The fraction of sp³-hybridized carbons (Fsp3) is 0.231. The molecule has 0 saturated carbocycles. The van der Waals surface area contributed by atoms with Crippen molar-refractivity contribution in [2.24, 2.45) is 0 Å². The SMILES string of the molecule is Cc1ccc(CNCc2ncncc2C(=O)O)cn1. The largest absolute Gasteiger partial charge is 0.478 e. The van der Waals surface area contributed by atoms with Gasteiger partial charge in [0.15, 0.2) is 0 Å². The van der Waals surface area contributed by atoms with Crippen LogP contribution in [0.3, 0.4) is 0 Å². The van der Waals surface area contributed by atoms with E-state index in [-0.39, 0.29) is 5.56 Å². The van der Waals surface area contributed by atoms with Gasteiger partial charge in [-0.15, -0.1) is 0 Å². The minimum Gasteiger partial charge on any atom is -0.478 e. The molecule has 0 aliphatic rings. The van der Waals surface area contributed by atoms with Gasteiger partial charge in [0, 0.05) is 31.2 Å². The molecule has 0 radical (unpaired) electrons. The van der Waals surface area contributed by atoms with Gasteiger partial charge in [-0.25, -0.2) is 14.8 Å². The van der Waals surface area contributed by atoms with Crippen LogP contribution in [0.1, 0.15) is 27.3 Å². The van der Waals surface area contributed by atoms with Crippen LogP contribution < -0.4 is 5.32 Å². The van der Waals surface area contributed by atoms with E-state index in [1.807, 2.05) is 19.1 Å². The molecule has 0 spiro atoms. The first-order valence-electron chi connectivity index (χ1n) is 5.81. The molecule has 2 aromatic rings. The lowest BCUT2D eigenvalue weighted by Gasteiger charge is -2.06. The van der Waals surface area contributed by atoms with E-state index in [9.17, 15) is 4.79 Å². The molecule has 98 valence electrons. The van der Waals surface area contributed by atoms with Crippen molar-refractivity contribution < 1.29 is 9.90 Å². The molecular formula is C13H14N4O2. The number of nitrogens with one attached hydrogen (secondary N) is 1. The lowest BCUT2D eigenvalue weighted by Crippen LogP contribution is -2.17. The summed E-state index contributed by atoms with van der Waals surface area (Å²) in [5.41, 5.74) is 2.60. The lowest BCUT2D eigenvalue weighted by atomic mass is 10.2. The van der Waals surface area contributed by atoms with Gasteiger partial charge >= 0.3 is 5.97 Å². The molecule has 0 aromatic carbocycles. The van der Waals surface area contributed by atoms with Gasteiger partial charge < -0.3 is 10.4 Å². The summed E-state index contributed by atoms with van der Waals surface area (Å²) in [5.74, 6) is -1.02. The Morgan fingerprint density at radius 2 is 2.11 bits per heavy atom. The van der Waals surface area contributed by atoms with E-state index in [4.69, 9.17) is 5.11 Å². The predicted molar refractivity (Wildman–Crippen MR) is 68.5 cm³/mol. The van der Waals surface area contributed by atoms with Gasteiger partial charge in [-0.05, 0) is 18.6 Å². The van der Waals surface area contributed by atoms with Crippen LogP contribution in [0.25, 0.3) is 0 Å². The van der Waals surface area contributed by atoms with Crippen molar-refractivity contribution >= 4 is 5.97 Å². The zero-order valence-corrected chi connectivity index (χ0v) is 10.5. The van der Waals surface area contributed by atoms with E-state index < -0.39 is 5.97 Å². The van der Waals surface area contributed by atoms with Crippen LogP contribution in [0.15, 0.2) is 30.9 Å². The van der Waals surface area contributed by atoms with Crippen molar-refractivity contribution in [2.75, 3.05) is 0 Å². The summed E-state index contributed by atoms with van der Waals surface area (Å²) in [6, 6.07) is 3.91. The molecule has 6 nitrogen and oxygen atoms in total. The maximum atomic E-state index is 11.0. The number of nitrogens with zero attached hydrogens (tertiary/aromatic N) is 3. The standard InChI is InChI=1S/C13H14N4O2/c1-9-2-3-10(5-16-9)4-14-7-12-11(13(18)19)6-15-8-17-12/h2-3,5-6,8,14H,4,7H2,1H3,(H,18,19). The predicted octanol–water partition coefficient (Wildman–Crippen LogP) is 1.17. The fourth-order valence-corrected chi connectivity index (χ4v) is 1.60. The van der Waals surface area contributed by atoms with Crippen molar-refractivity contribution in [3.8, 4) is 0 Å². The Labute approximate surface area is 110 Å². The lowest BCUT2D eigenvalue weighted by molar-refractivity contribution is 0.0694. The molecule has 2 aromatic heterocycles. The van der Waals surface area contributed by atoms with Crippen molar-refractivity contribution in [3.05, 3.63) is 53.4 Å². The summed E-state index contributed by atoms with van der Waals surface area (Å²) in [4.78, 5) is 22.9. The number of carboxylic acids is 1. The Bertz CT molecular complexity index is 569. The smallest absolute Gasteiger partial charge is 0.339 e. The molecule has 0 amide bonds. The van der Waals surface area contributed by atoms with Crippen molar-refractivity contribution in [1.82, 2.24) is 20.3 Å². The molecule has 0 aliphatic carbocycles. The number of carboxylic acid groups (broad SMARTS) is 1. The van der Waals surface area contributed by atoms with Crippen molar-refractivity contribution in [3.63, 3.8) is 0 Å². The average molecular weight is 258 g/mol. The Balaban J connectivity index is 1.96. The van der Waals surface area contributed by atoms with E-state index >= 15 is 0 Å². The molecule has 2 rings (SSSR count). The molecule has 2 N–H and O–H groups in total. The minimum absolute atomic E-state index is 0.122. The third-order valence-corrected chi connectivity index (χ3v) is 2.62. The quantitative estimate of drug-likeness (QED) is 0.837. The number of aromatic carboxylic acids is 1. The summed E-state index contributed by atoms with van der Waals surface area (Å²) >= 11 is 0. The number of hydrogen-bond donors (Lipinski definition) is 2. The molecular weight excluding hydrogens is 244 g/mol. The fourth-order valence-electron chi connectivity index (χ4n) is 1.60. The van der Waals surface area contributed by atoms with E-state index in [1.54, 1.807) is 6.20 Å². The molecule has 0 fully saturated rings. The number of hydrogen-bond acceptors (Lipinski definition) is 5. The van der Waals surface area contributed by atoms with Crippen LogP contribution in [0.4, 0.5) is 0 Å². The van der Waals surface area contributed by atoms with Gasteiger partial charge in [0.2, 0.25) is 0 Å². The van der Waals surface area contributed by atoms with E-state index in [2.05, 4.69) is 20.3 Å². The first kappa shape index (κ1) is 13.1. The third kappa shape index (κ3) is 3.56. The van der Waals surface area contributed by atoms with Crippen molar-refractivity contribution in [2.45, 2.75) is 20.0 Å². The van der Waals surface area contributed by atoms with Gasteiger partial charge in [-0.1, -0.05) is 6.07 Å². The topological polar surface area (TPSA) is 88.0 Å². The zero-order chi connectivity index (χ0) is 13.7. The zero-order valence-electron chi connectivity index (χ0n) is 10.5. The van der Waals surface area contributed by atoms with Crippen LogP contribution in [0, 0.1) is 6.92 Å². The van der Waals surface area contributed by atoms with Crippen molar-refractivity contribution in [1.29, 1.82) is 0 Å². The highest BCUT2D eigenvalue weighted by molar-refractivity contribution is 5.88.